The van der Waals surface area contributed by atoms with E-state index in [2.05, 4.69) is 37.6 Å². The minimum Gasteiger partial charge on any atom is -0.507 e. The highest BCUT2D eigenvalue weighted by Gasteiger charge is 2.18. The average Bonchev–Trinajstić information content (AvgIpc) is 2.77. The largest absolute Gasteiger partial charge is 0.507 e. The molecule has 1 N–H and O–H groups in total. The number of benzene rings is 1. The topological polar surface area (TPSA) is 62.4 Å². The van der Waals surface area contributed by atoms with Crippen LogP contribution in [0.2, 0.25) is 0 Å². The van der Waals surface area contributed by atoms with Crippen LogP contribution in [0.4, 0.5) is 5.95 Å². The Morgan fingerprint density at radius 2 is 1.90 bits per heavy atom. The highest BCUT2D eigenvalue weighted by molar-refractivity contribution is 14.1. The molecule has 0 amide bonds. The van der Waals surface area contributed by atoms with E-state index in [1.54, 1.807) is 6.07 Å². The Morgan fingerprint density at radius 1 is 1.15 bits per heavy atom. The number of hydrogen-bond acceptors (Lipinski definition) is 5. The maximum atomic E-state index is 9.91. The first-order chi connectivity index (χ1) is 9.74. The molecule has 1 aromatic heterocycles. The smallest absolute Gasteiger partial charge is 0.266 e. The average molecular weight is 385 g/mol. The summed E-state index contributed by atoms with van der Waals surface area (Å²) in [7, 11) is 0. The molecule has 3 rings (SSSR count). The Labute approximate surface area is 131 Å². The summed E-state index contributed by atoms with van der Waals surface area (Å²) >= 11 is 2.19. The van der Waals surface area contributed by atoms with E-state index < -0.39 is 0 Å². The highest BCUT2D eigenvalue weighted by atomic mass is 127. The molecule has 0 radical (unpaired) electrons. The van der Waals surface area contributed by atoms with E-state index in [1.165, 1.54) is 25.7 Å². The second-order valence-corrected chi connectivity index (χ2v) is 6.21. The lowest BCUT2D eigenvalue weighted by molar-refractivity contribution is 0.423. The SMILES string of the molecule is Oc1ccc(I)cc1-c1nc(N2CCCCCC2)no1. The van der Waals surface area contributed by atoms with Crippen LogP contribution in [-0.4, -0.2) is 28.3 Å². The first-order valence-corrected chi connectivity index (χ1v) is 7.89. The number of hydrogen-bond donors (Lipinski definition) is 1. The van der Waals surface area contributed by atoms with Gasteiger partial charge in [0.15, 0.2) is 0 Å². The van der Waals surface area contributed by atoms with Gasteiger partial charge in [0, 0.05) is 16.7 Å². The molecule has 1 aliphatic heterocycles. The third-order valence-electron chi connectivity index (χ3n) is 3.49. The molecule has 1 fully saturated rings. The van der Waals surface area contributed by atoms with Crippen molar-refractivity contribution in [1.29, 1.82) is 0 Å². The Hall–Kier alpha value is -1.31. The van der Waals surface area contributed by atoms with Gasteiger partial charge >= 0.3 is 0 Å². The number of anilines is 1. The summed E-state index contributed by atoms with van der Waals surface area (Å²) in [5.74, 6) is 1.16. The number of rotatable bonds is 2. The molecule has 1 aromatic carbocycles. The zero-order valence-corrected chi connectivity index (χ0v) is 13.2. The van der Waals surface area contributed by atoms with Crippen LogP contribution in [0.25, 0.3) is 11.5 Å². The molecule has 1 saturated heterocycles. The molecule has 2 heterocycles. The Morgan fingerprint density at radius 3 is 2.65 bits per heavy atom. The van der Waals surface area contributed by atoms with Gasteiger partial charge in [0.05, 0.1) is 5.56 Å². The summed E-state index contributed by atoms with van der Waals surface area (Å²) in [4.78, 5) is 6.59. The van der Waals surface area contributed by atoms with Gasteiger partial charge in [-0.05, 0) is 58.8 Å². The molecule has 106 valence electrons. The molecule has 1 aliphatic rings. The summed E-state index contributed by atoms with van der Waals surface area (Å²) in [5, 5.41) is 14.0. The predicted molar refractivity (Wildman–Crippen MR) is 84.8 cm³/mol. The van der Waals surface area contributed by atoms with Crippen molar-refractivity contribution in [1.82, 2.24) is 10.1 Å². The zero-order chi connectivity index (χ0) is 13.9. The van der Waals surface area contributed by atoms with E-state index in [0.717, 1.165) is 16.7 Å². The number of phenols is 1. The molecule has 0 spiro atoms. The molecule has 0 unspecified atom stereocenters. The summed E-state index contributed by atoms with van der Waals surface area (Å²) in [6.07, 6.45) is 4.86. The Bertz CT molecular complexity index is 592. The van der Waals surface area contributed by atoms with E-state index in [0.29, 0.717) is 17.4 Å². The highest BCUT2D eigenvalue weighted by Crippen LogP contribution is 2.30. The van der Waals surface area contributed by atoms with Gasteiger partial charge in [-0.2, -0.15) is 4.98 Å². The van der Waals surface area contributed by atoms with E-state index in [-0.39, 0.29) is 5.75 Å². The quantitative estimate of drug-likeness (QED) is 0.803. The van der Waals surface area contributed by atoms with Gasteiger partial charge in [-0.15, -0.1) is 0 Å². The maximum Gasteiger partial charge on any atom is 0.266 e. The monoisotopic (exact) mass is 385 g/mol. The fourth-order valence-electron chi connectivity index (χ4n) is 2.40. The standard InChI is InChI=1S/C14H16IN3O2/c15-10-5-6-12(19)11(9-10)13-16-14(17-20-13)18-7-3-1-2-4-8-18/h5-6,9,19H,1-4,7-8H2. The third-order valence-corrected chi connectivity index (χ3v) is 4.16. The van der Waals surface area contributed by atoms with E-state index in [9.17, 15) is 5.11 Å². The second kappa shape index (κ2) is 5.99. The number of aromatic nitrogens is 2. The van der Waals surface area contributed by atoms with Gasteiger partial charge in [-0.1, -0.05) is 12.8 Å². The lowest BCUT2D eigenvalue weighted by Gasteiger charge is -2.16. The van der Waals surface area contributed by atoms with Crippen molar-refractivity contribution >= 4 is 28.5 Å². The first-order valence-electron chi connectivity index (χ1n) is 6.81. The van der Waals surface area contributed by atoms with Gasteiger partial charge < -0.3 is 14.5 Å². The van der Waals surface area contributed by atoms with Crippen molar-refractivity contribution in [2.45, 2.75) is 25.7 Å². The molecular formula is C14H16IN3O2. The molecule has 0 atom stereocenters. The summed E-state index contributed by atoms with van der Waals surface area (Å²) < 4.78 is 6.33. The van der Waals surface area contributed by atoms with Crippen molar-refractivity contribution in [3.8, 4) is 17.2 Å². The van der Waals surface area contributed by atoms with Gasteiger partial charge in [-0.25, -0.2) is 0 Å². The van der Waals surface area contributed by atoms with Gasteiger partial charge in [0.25, 0.3) is 11.8 Å². The minimum atomic E-state index is 0.163. The van der Waals surface area contributed by atoms with Crippen molar-refractivity contribution < 1.29 is 9.63 Å². The normalized spacial score (nSPS) is 16.1. The van der Waals surface area contributed by atoms with E-state index in [4.69, 9.17) is 4.52 Å². The Kier molecular flexibility index (Phi) is 4.09. The van der Waals surface area contributed by atoms with E-state index in [1.807, 2.05) is 12.1 Å². The van der Waals surface area contributed by atoms with Crippen LogP contribution in [0.3, 0.4) is 0 Å². The lowest BCUT2D eigenvalue weighted by Crippen LogP contribution is -2.24. The van der Waals surface area contributed by atoms with Crippen LogP contribution < -0.4 is 4.90 Å². The maximum absolute atomic E-state index is 9.91. The molecule has 20 heavy (non-hydrogen) atoms. The second-order valence-electron chi connectivity index (χ2n) is 4.96. The third kappa shape index (κ3) is 2.89. The van der Waals surface area contributed by atoms with Crippen LogP contribution >= 0.6 is 22.6 Å². The molecule has 2 aromatic rings. The fourth-order valence-corrected chi connectivity index (χ4v) is 2.90. The summed E-state index contributed by atoms with van der Waals surface area (Å²) in [5.41, 5.74) is 0.588. The fraction of sp³-hybridized carbons (Fsp3) is 0.429. The molecule has 5 nitrogen and oxygen atoms in total. The molecular weight excluding hydrogens is 369 g/mol. The van der Waals surface area contributed by atoms with Gasteiger partial charge in [0.1, 0.15) is 5.75 Å². The molecule has 0 saturated carbocycles. The van der Waals surface area contributed by atoms with Crippen molar-refractivity contribution in [2.75, 3.05) is 18.0 Å². The summed E-state index contributed by atoms with van der Waals surface area (Å²) in [6, 6.07) is 5.33. The number of phenolic OH excluding ortho intramolecular Hbond substituents is 1. The number of nitrogens with zero attached hydrogens (tertiary/aromatic N) is 3. The number of halogens is 1. The van der Waals surface area contributed by atoms with Crippen LogP contribution in [-0.2, 0) is 0 Å². The van der Waals surface area contributed by atoms with Crippen molar-refractivity contribution in [3.05, 3.63) is 21.8 Å². The van der Waals surface area contributed by atoms with Gasteiger partial charge in [-0.3, -0.25) is 0 Å². The van der Waals surface area contributed by atoms with E-state index >= 15 is 0 Å². The Balaban J connectivity index is 1.87. The minimum absolute atomic E-state index is 0.163. The van der Waals surface area contributed by atoms with Gasteiger partial charge in [0.2, 0.25) is 0 Å². The summed E-state index contributed by atoms with van der Waals surface area (Å²) in [6.45, 7) is 1.94. The van der Waals surface area contributed by atoms with Crippen LogP contribution in [0.15, 0.2) is 22.7 Å². The number of aromatic hydroxyl groups is 1. The van der Waals surface area contributed by atoms with Crippen LogP contribution in [0, 0.1) is 3.57 Å². The van der Waals surface area contributed by atoms with Crippen molar-refractivity contribution in [2.24, 2.45) is 0 Å². The zero-order valence-electron chi connectivity index (χ0n) is 11.0. The molecule has 0 bridgehead atoms. The lowest BCUT2D eigenvalue weighted by atomic mass is 10.2. The molecule has 6 heteroatoms. The van der Waals surface area contributed by atoms with Crippen LogP contribution in [0.5, 0.6) is 5.75 Å². The molecule has 0 aliphatic carbocycles. The predicted octanol–water partition coefficient (Wildman–Crippen LogP) is 3.43. The van der Waals surface area contributed by atoms with Crippen LogP contribution in [0.1, 0.15) is 25.7 Å². The van der Waals surface area contributed by atoms with Crippen molar-refractivity contribution in [3.63, 3.8) is 0 Å². The first kappa shape index (κ1) is 13.7.